The van der Waals surface area contributed by atoms with E-state index in [4.69, 9.17) is 16.2 Å². The predicted octanol–water partition coefficient (Wildman–Crippen LogP) is -0.597. The van der Waals surface area contributed by atoms with Gasteiger partial charge in [-0.25, -0.2) is 0 Å². The number of hydrogen-bond acceptors (Lipinski definition) is 4. The molecule has 4 N–H and O–H groups in total. The van der Waals surface area contributed by atoms with Crippen molar-refractivity contribution in [3.8, 4) is 0 Å². The Morgan fingerprint density at radius 2 is 2.25 bits per heavy atom. The molecule has 1 saturated heterocycles. The van der Waals surface area contributed by atoms with Gasteiger partial charge >= 0.3 is 0 Å². The van der Waals surface area contributed by atoms with Gasteiger partial charge in [-0.2, -0.15) is 0 Å². The number of morpholine rings is 1. The number of carbonyl (C=O) groups excluding carboxylic acids is 1. The van der Waals surface area contributed by atoms with Crippen molar-refractivity contribution in [1.29, 1.82) is 0 Å². The molecule has 1 amide bonds. The molecule has 1 heterocycles. The summed E-state index contributed by atoms with van der Waals surface area (Å²) < 4.78 is 5.28. The minimum atomic E-state index is -0.306. The van der Waals surface area contributed by atoms with Crippen LogP contribution in [-0.2, 0) is 9.53 Å². The molecule has 0 bridgehead atoms. The predicted molar refractivity (Wildman–Crippen MR) is 62.8 cm³/mol. The first-order valence-electron chi connectivity index (χ1n) is 5.87. The fraction of sp³-hybridized carbons (Fsp3) is 0.909. The molecule has 0 aromatic heterocycles. The van der Waals surface area contributed by atoms with Gasteiger partial charge in [-0.05, 0) is 18.4 Å². The summed E-state index contributed by atoms with van der Waals surface area (Å²) in [6.45, 7) is 7.60. The highest BCUT2D eigenvalue weighted by Gasteiger charge is 2.29. The van der Waals surface area contributed by atoms with Crippen LogP contribution in [0.3, 0.4) is 0 Å². The second kappa shape index (κ2) is 6.18. The third-order valence-electron chi connectivity index (χ3n) is 3.28. The fourth-order valence-corrected chi connectivity index (χ4v) is 1.98. The molecule has 5 nitrogen and oxygen atoms in total. The summed E-state index contributed by atoms with van der Waals surface area (Å²) in [6.07, 6.45) is 0. The minimum absolute atomic E-state index is 0.290. The van der Waals surface area contributed by atoms with E-state index in [1.54, 1.807) is 0 Å². The van der Waals surface area contributed by atoms with Gasteiger partial charge in [0.05, 0.1) is 13.2 Å². The van der Waals surface area contributed by atoms with E-state index in [2.05, 4.69) is 18.7 Å². The Morgan fingerprint density at radius 3 is 2.75 bits per heavy atom. The number of nitrogens with two attached hydrogens (primary N) is 2. The lowest BCUT2D eigenvalue weighted by molar-refractivity contribution is -0.129. The topological polar surface area (TPSA) is 81.6 Å². The van der Waals surface area contributed by atoms with Crippen LogP contribution in [0.4, 0.5) is 0 Å². The maximum atomic E-state index is 11.3. The molecule has 1 aliphatic heterocycles. The van der Waals surface area contributed by atoms with E-state index >= 15 is 0 Å². The molecule has 2 atom stereocenters. The summed E-state index contributed by atoms with van der Waals surface area (Å²) in [5.41, 5.74) is 11.1. The number of nitrogens with zero attached hydrogens (tertiary/aromatic N) is 1. The minimum Gasteiger partial charge on any atom is -0.378 e. The zero-order valence-electron chi connectivity index (χ0n) is 10.2. The number of amides is 1. The van der Waals surface area contributed by atoms with Gasteiger partial charge in [0.15, 0.2) is 0 Å². The summed E-state index contributed by atoms with van der Waals surface area (Å²) in [5.74, 6) is 0.612. The van der Waals surface area contributed by atoms with Crippen molar-refractivity contribution in [3.05, 3.63) is 0 Å². The molecule has 0 aliphatic carbocycles. The number of hydrogen-bond donors (Lipinski definition) is 2. The van der Waals surface area contributed by atoms with Crippen molar-refractivity contribution in [2.24, 2.45) is 23.3 Å². The van der Waals surface area contributed by atoms with E-state index in [9.17, 15) is 4.79 Å². The quantitative estimate of drug-likeness (QED) is 0.660. The zero-order chi connectivity index (χ0) is 12.1. The Labute approximate surface area is 97.1 Å². The second-order valence-corrected chi connectivity index (χ2v) is 4.73. The SMILES string of the molecule is CC(C)C(CN)CN1CCOCC1C(N)=O. The number of rotatable bonds is 5. The third-order valence-corrected chi connectivity index (χ3v) is 3.28. The summed E-state index contributed by atoms with van der Waals surface area (Å²) in [5, 5.41) is 0. The maximum Gasteiger partial charge on any atom is 0.237 e. The van der Waals surface area contributed by atoms with E-state index in [0.29, 0.717) is 31.6 Å². The Kier molecular flexibility index (Phi) is 5.18. The van der Waals surface area contributed by atoms with Crippen molar-refractivity contribution in [3.63, 3.8) is 0 Å². The summed E-state index contributed by atoms with van der Waals surface area (Å²) in [4.78, 5) is 13.4. The summed E-state index contributed by atoms with van der Waals surface area (Å²) in [7, 11) is 0. The lowest BCUT2D eigenvalue weighted by Gasteiger charge is -2.36. The van der Waals surface area contributed by atoms with Crippen molar-refractivity contribution in [1.82, 2.24) is 4.90 Å². The van der Waals surface area contributed by atoms with Crippen LogP contribution in [0.15, 0.2) is 0 Å². The molecular weight excluding hydrogens is 206 g/mol. The van der Waals surface area contributed by atoms with Gasteiger partial charge in [-0.3, -0.25) is 9.69 Å². The molecule has 16 heavy (non-hydrogen) atoms. The van der Waals surface area contributed by atoms with Gasteiger partial charge in [0, 0.05) is 13.1 Å². The monoisotopic (exact) mass is 229 g/mol. The van der Waals surface area contributed by atoms with Gasteiger partial charge < -0.3 is 16.2 Å². The van der Waals surface area contributed by atoms with Crippen LogP contribution in [-0.4, -0.2) is 49.7 Å². The van der Waals surface area contributed by atoms with Crippen molar-refractivity contribution >= 4 is 5.91 Å². The number of primary amides is 1. The van der Waals surface area contributed by atoms with Crippen LogP contribution >= 0.6 is 0 Å². The van der Waals surface area contributed by atoms with Crippen molar-refractivity contribution in [2.45, 2.75) is 19.9 Å². The first-order valence-corrected chi connectivity index (χ1v) is 5.87. The van der Waals surface area contributed by atoms with E-state index in [0.717, 1.165) is 13.1 Å². The van der Waals surface area contributed by atoms with Gasteiger partial charge in [-0.1, -0.05) is 13.8 Å². The van der Waals surface area contributed by atoms with Gasteiger partial charge in [0.2, 0.25) is 5.91 Å². The van der Waals surface area contributed by atoms with Crippen molar-refractivity contribution < 1.29 is 9.53 Å². The normalized spacial score (nSPS) is 24.6. The van der Waals surface area contributed by atoms with Crippen LogP contribution in [0.25, 0.3) is 0 Å². The average molecular weight is 229 g/mol. The largest absolute Gasteiger partial charge is 0.378 e. The molecule has 1 fully saturated rings. The molecular formula is C11H23N3O2. The zero-order valence-corrected chi connectivity index (χ0v) is 10.2. The standard InChI is InChI=1S/C11H23N3O2/c1-8(2)9(5-12)6-14-3-4-16-7-10(14)11(13)15/h8-10H,3-7,12H2,1-2H3,(H2,13,15). The Morgan fingerprint density at radius 1 is 1.56 bits per heavy atom. The highest BCUT2D eigenvalue weighted by Crippen LogP contribution is 2.15. The van der Waals surface area contributed by atoms with E-state index in [-0.39, 0.29) is 11.9 Å². The molecule has 0 saturated carbocycles. The Bertz CT molecular complexity index is 233. The third kappa shape index (κ3) is 3.43. The number of carbonyl (C=O) groups is 1. The highest BCUT2D eigenvalue weighted by molar-refractivity contribution is 5.80. The van der Waals surface area contributed by atoms with Gasteiger partial charge in [-0.15, -0.1) is 0 Å². The Balaban J connectivity index is 2.58. The lowest BCUT2D eigenvalue weighted by atomic mass is 9.94. The molecule has 0 aromatic carbocycles. The molecule has 5 heteroatoms. The summed E-state index contributed by atoms with van der Waals surface area (Å²) in [6, 6.07) is -0.290. The van der Waals surface area contributed by atoms with Crippen molar-refractivity contribution in [2.75, 3.05) is 32.8 Å². The van der Waals surface area contributed by atoms with E-state index < -0.39 is 0 Å². The average Bonchev–Trinajstić information content (AvgIpc) is 2.25. The van der Waals surface area contributed by atoms with Gasteiger partial charge in [0.1, 0.15) is 6.04 Å². The molecule has 1 rings (SSSR count). The first kappa shape index (κ1) is 13.4. The van der Waals surface area contributed by atoms with E-state index in [1.165, 1.54) is 0 Å². The van der Waals surface area contributed by atoms with Gasteiger partial charge in [0.25, 0.3) is 0 Å². The van der Waals surface area contributed by atoms with Crippen LogP contribution in [0.1, 0.15) is 13.8 Å². The smallest absolute Gasteiger partial charge is 0.237 e. The molecule has 94 valence electrons. The second-order valence-electron chi connectivity index (χ2n) is 4.73. The van der Waals surface area contributed by atoms with E-state index in [1.807, 2.05) is 0 Å². The lowest BCUT2D eigenvalue weighted by Crippen LogP contribution is -2.54. The molecule has 0 spiro atoms. The van der Waals surface area contributed by atoms with Crippen LogP contribution in [0.5, 0.6) is 0 Å². The summed E-state index contributed by atoms with van der Waals surface area (Å²) >= 11 is 0. The number of ether oxygens (including phenoxy) is 1. The molecule has 0 aromatic rings. The molecule has 2 unspecified atom stereocenters. The molecule has 0 radical (unpaired) electrons. The van der Waals surface area contributed by atoms with Crippen LogP contribution < -0.4 is 11.5 Å². The Hall–Kier alpha value is -0.650. The molecule has 1 aliphatic rings. The maximum absolute atomic E-state index is 11.3. The highest BCUT2D eigenvalue weighted by atomic mass is 16.5. The fourth-order valence-electron chi connectivity index (χ4n) is 1.98. The first-order chi connectivity index (χ1) is 7.56. The van der Waals surface area contributed by atoms with Crippen LogP contribution in [0.2, 0.25) is 0 Å². The van der Waals surface area contributed by atoms with Crippen LogP contribution in [0, 0.1) is 11.8 Å².